The lowest BCUT2D eigenvalue weighted by molar-refractivity contribution is -0.116. The highest BCUT2D eigenvalue weighted by molar-refractivity contribution is 7.90. The van der Waals surface area contributed by atoms with Gasteiger partial charge in [-0.15, -0.1) is 0 Å². The third-order valence-electron chi connectivity index (χ3n) is 3.18. The fraction of sp³-hybridized carbons (Fsp3) is 0.562. The van der Waals surface area contributed by atoms with E-state index in [1.807, 2.05) is 19.1 Å². The number of hydrogen-bond donors (Lipinski definition) is 2. The van der Waals surface area contributed by atoms with E-state index in [-0.39, 0.29) is 5.91 Å². The van der Waals surface area contributed by atoms with Crippen molar-refractivity contribution in [3.63, 3.8) is 0 Å². The summed E-state index contributed by atoms with van der Waals surface area (Å²) in [5.41, 5.74) is 0.696. The minimum atomic E-state index is -3.22. The van der Waals surface area contributed by atoms with E-state index in [1.165, 1.54) is 0 Å². The maximum Gasteiger partial charge on any atom is 0.224 e. The lowest BCUT2D eigenvalue weighted by atomic mass is 10.2. The number of nitrogens with one attached hydrogen (secondary N) is 2. The number of ether oxygens (including phenoxy) is 1. The molecular weight excluding hydrogens is 316 g/mol. The van der Waals surface area contributed by atoms with E-state index < -0.39 is 15.3 Å². The Kier molecular flexibility index (Phi) is 8.05. The summed E-state index contributed by atoms with van der Waals surface area (Å²) in [6.45, 7) is 6.09. The van der Waals surface area contributed by atoms with Crippen molar-refractivity contribution in [3.8, 4) is 5.75 Å². The Morgan fingerprint density at radius 2 is 2.00 bits per heavy atom. The molecule has 0 radical (unpaired) electrons. The number of anilines is 1. The molecule has 1 rings (SSSR count). The van der Waals surface area contributed by atoms with E-state index in [1.54, 1.807) is 26.0 Å². The monoisotopic (exact) mass is 342 g/mol. The molecule has 0 unspecified atom stereocenters. The standard InChI is InChI=1S/C16H26N2O4S/c1-4-22-15-9-7-8-14(12-15)18-16(19)10-5-6-11-17-23(20,21)13(2)3/h7-9,12-13,17H,4-6,10-11H2,1-3H3,(H,18,19). The number of carbonyl (C=O) groups is 1. The number of benzene rings is 1. The average molecular weight is 342 g/mol. The van der Waals surface area contributed by atoms with Crippen LogP contribution in [0.15, 0.2) is 24.3 Å². The molecule has 0 saturated heterocycles. The first-order valence-corrected chi connectivity index (χ1v) is 9.41. The van der Waals surface area contributed by atoms with Gasteiger partial charge < -0.3 is 10.1 Å². The van der Waals surface area contributed by atoms with Gasteiger partial charge in [0.2, 0.25) is 15.9 Å². The highest BCUT2D eigenvalue weighted by Gasteiger charge is 2.14. The van der Waals surface area contributed by atoms with Crippen LogP contribution in [0.4, 0.5) is 5.69 Å². The number of carbonyl (C=O) groups excluding carboxylic acids is 1. The average Bonchev–Trinajstić information content (AvgIpc) is 2.47. The number of unbranched alkanes of at least 4 members (excludes halogenated alkanes) is 1. The zero-order valence-electron chi connectivity index (χ0n) is 14.0. The summed E-state index contributed by atoms with van der Waals surface area (Å²) >= 11 is 0. The summed E-state index contributed by atoms with van der Waals surface area (Å²) in [5, 5.41) is 2.37. The first-order chi connectivity index (χ1) is 10.8. The Labute approximate surface area is 138 Å². The molecule has 6 nitrogen and oxygen atoms in total. The Morgan fingerprint density at radius 1 is 1.26 bits per heavy atom. The molecule has 0 aliphatic heterocycles. The Bertz CT molecular complexity index is 600. The van der Waals surface area contributed by atoms with Crippen molar-refractivity contribution in [2.24, 2.45) is 0 Å². The second kappa shape index (κ2) is 9.52. The predicted octanol–water partition coefficient (Wildman–Crippen LogP) is 2.52. The number of sulfonamides is 1. The van der Waals surface area contributed by atoms with Gasteiger partial charge in [0.15, 0.2) is 0 Å². The van der Waals surface area contributed by atoms with E-state index >= 15 is 0 Å². The zero-order valence-corrected chi connectivity index (χ0v) is 14.8. The van der Waals surface area contributed by atoms with Crippen molar-refractivity contribution in [2.75, 3.05) is 18.5 Å². The Hall–Kier alpha value is -1.60. The smallest absolute Gasteiger partial charge is 0.224 e. The maximum absolute atomic E-state index is 11.9. The van der Waals surface area contributed by atoms with Crippen molar-refractivity contribution in [1.82, 2.24) is 4.72 Å². The molecule has 0 saturated carbocycles. The van der Waals surface area contributed by atoms with Crippen molar-refractivity contribution >= 4 is 21.6 Å². The van der Waals surface area contributed by atoms with E-state index in [2.05, 4.69) is 10.0 Å². The minimum absolute atomic E-state index is 0.0923. The van der Waals surface area contributed by atoms with Gasteiger partial charge in [-0.1, -0.05) is 6.07 Å². The van der Waals surface area contributed by atoms with Crippen molar-refractivity contribution in [2.45, 2.75) is 45.3 Å². The minimum Gasteiger partial charge on any atom is -0.494 e. The topological polar surface area (TPSA) is 84.5 Å². The molecule has 7 heteroatoms. The van der Waals surface area contributed by atoms with Crippen LogP contribution in [0.3, 0.4) is 0 Å². The predicted molar refractivity (Wildman–Crippen MR) is 92.2 cm³/mol. The molecule has 0 aliphatic carbocycles. The fourth-order valence-electron chi connectivity index (χ4n) is 1.85. The molecule has 1 aromatic rings. The van der Waals surface area contributed by atoms with Gasteiger partial charge >= 0.3 is 0 Å². The van der Waals surface area contributed by atoms with Crippen LogP contribution in [0.5, 0.6) is 5.75 Å². The normalized spacial score (nSPS) is 11.5. The third-order valence-corrected chi connectivity index (χ3v) is 5.03. The SMILES string of the molecule is CCOc1cccc(NC(=O)CCCCNS(=O)(=O)C(C)C)c1. The van der Waals surface area contributed by atoms with E-state index in [0.29, 0.717) is 43.9 Å². The number of amides is 1. The Morgan fingerprint density at radius 3 is 2.65 bits per heavy atom. The number of rotatable bonds is 10. The summed E-state index contributed by atoms with van der Waals surface area (Å²) in [7, 11) is -3.22. The van der Waals surface area contributed by atoms with Crippen LogP contribution in [-0.4, -0.2) is 32.7 Å². The van der Waals surface area contributed by atoms with Crippen molar-refractivity contribution in [1.29, 1.82) is 0 Å². The van der Waals surface area contributed by atoms with E-state index in [0.717, 1.165) is 0 Å². The molecule has 0 fully saturated rings. The van der Waals surface area contributed by atoms with Crippen LogP contribution in [0.25, 0.3) is 0 Å². The van der Waals surface area contributed by atoms with Crippen LogP contribution < -0.4 is 14.8 Å². The van der Waals surface area contributed by atoms with Gasteiger partial charge in [-0.2, -0.15) is 0 Å². The van der Waals surface area contributed by atoms with Gasteiger partial charge in [-0.25, -0.2) is 13.1 Å². The van der Waals surface area contributed by atoms with Crippen LogP contribution >= 0.6 is 0 Å². The molecule has 0 spiro atoms. The van der Waals surface area contributed by atoms with Gasteiger partial charge in [0.1, 0.15) is 5.75 Å². The van der Waals surface area contributed by atoms with E-state index in [9.17, 15) is 13.2 Å². The van der Waals surface area contributed by atoms with E-state index in [4.69, 9.17) is 4.74 Å². The molecule has 0 aromatic heterocycles. The number of hydrogen-bond acceptors (Lipinski definition) is 4. The molecule has 0 aliphatic rings. The molecular formula is C16H26N2O4S. The summed E-state index contributed by atoms with van der Waals surface area (Å²) in [4.78, 5) is 11.9. The first kappa shape index (κ1) is 19.4. The van der Waals surface area contributed by atoms with Gasteiger partial charge in [0.05, 0.1) is 11.9 Å². The molecule has 2 N–H and O–H groups in total. The Balaban J connectivity index is 2.28. The molecule has 0 atom stereocenters. The van der Waals surface area contributed by atoms with Gasteiger partial charge in [0, 0.05) is 24.7 Å². The summed E-state index contributed by atoms with van der Waals surface area (Å²) in [5.74, 6) is 0.624. The maximum atomic E-state index is 11.9. The van der Waals surface area contributed by atoms with Gasteiger partial charge in [-0.05, 0) is 45.7 Å². The van der Waals surface area contributed by atoms with Crippen LogP contribution in [0.1, 0.15) is 40.0 Å². The summed E-state index contributed by atoms with van der Waals surface area (Å²) in [6.07, 6.45) is 1.60. The van der Waals surface area contributed by atoms with Crippen LogP contribution in [0.2, 0.25) is 0 Å². The van der Waals surface area contributed by atoms with Crippen molar-refractivity contribution < 1.29 is 17.9 Å². The highest BCUT2D eigenvalue weighted by atomic mass is 32.2. The molecule has 0 bridgehead atoms. The lowest BCUT2D eigenvalue weighted by Gasteiger charge is -2.10. The quantitative estimate of drug-likeness (QED) is 0.640. The van der Waals surface area contributed by atoms with Gasteiger partial charge in [0.25, 0.3) is 0 Å². The zero-order chi connectivity index (χ0) is 17.3. The van der Waals surface area contributed by atoms with Gasteiger partial charge in [-0.3, -0.25) is 4.79 Å². The third kappa shape index (κ3) is 7.47. The van der Waals surface area contributed by atoms with Crippen LogP contribution in [-0.2, 0) is 14.8 Å². The molecule has 1 amide bonds. The molecule has 1 aromatic carbocycles. The second-order valence-electron chi connectivity index (χ2n) is 5.45. The molecule has 0 heterocycles. The molecule has 130 valence electrons. The summed E-state index contributed by atoms with van der Waals surface area (Å²) < 4.78 is 31.0. The van der Waals surface area contributed by atoms with Crippen LogP contribution in [0, 0.1) is 0 Å². The first-order valence-electron chi connectivity index (χ1n) is 7.86. The molecule has 23 heavy (non-hydrogen) atoms. The van der Waals surface area contributed by atoms with Crippen molar-refractivity contribution in [3.05, 3.63) is 24.3 Å². The largest absolute Gasteiger partial charge is 0.494 e. The highest BCUT2D eigenvalue weighted by Crippen LogP contribution is 2.17. The second-order valence-corrected chi connectivity index (χ2v) is 7.78. The fourth-order valence-corrected chi connectivity index (χ4v) is 2.61. The lowest BCUT2D eigenvalue weighted by Crippen LogP contribution is -2.31. The summed E-state index contributed by atoms with van der Waals surface area (Å²) in [6, 6.07) is 7.23.